The van der Waals surface area contributed by atoms with Crippen molar-refractivity contribution in [3.8, 4) is 16.9 Å². The van der Waals surface area contributed by atoms with Gasteiger partial charge in [0.05, 0.1) is 18.8 Å². The normalized spacial score (nSPS) is 10.6. The minimum absolute atomic E-state index is 0.905. The molecule has 0 radical (unpaired) electrons. The van der Waals surface area contributed by atoms with Crippen LogP contribution in [-0.2, 0) is 0 Å². The summed E-state index contributed by atoms with van der Waals surface area (Å²) in [7, 11) is 1.71. The predicted molar refractivity (Wildman–Crippen MR) is 69.4 cm³/mol. The Labute approximate surface area is 100 Å². The maximum atomic E-state index is 5.46. The summed E-state index contributed by atoms with van der Waals surface area (Å²) in [6, 6.07) is 16.5. The third-order valence-corrected chi connectivity index (χ3v) is 2.93. The second kappa shape index (κ2) is 3.98. The van der Waals surface area contributed by atoms with Crippen LogP contribution in [0.2, 0.25) is 0 Å². The lowest BCUT2D eigenvalue weighted by Gasteiger charge is -2.03. The van der Waals surface area contributed by atoms with Crippen LogP contribution in [0.4, 0.5) is 0 Å². The van der Waals surface area contributed by atoms with Gasteiger partial charge in [0.2, 0.25) is 0 Å². The molecule has 0 N–H and O–H groups in total. The smallest absolute Gasteiger partial charge is 0.145 e. The fourth-order valence-electron chi connectivity index (χ4n) is 2.15. The third-order valence-electron chi connectivity index (χ3n) is 2.93. The molecule has 0 aliphatic heterocycles. The quantitative estimate of drug-likeness (QED) is 0.647. The molecule has 0 saturated heterocycles. The first-order valence-corrected chi connectivity index (χ1v) is 5.59. The van der Waals surface area contributed by atoms with E-state index in [1.165, 1.54) is 5.56 Å². The van der Waals surface area contributed by atoms with E-state index >= 15 is 0 Å². The molecule has 0 atom stereocenters. The van der Waals surface area contributed by atoms with E-state index in [1.54, 1.807) is 7.11 Å². The summed E-state index contributed by atoms with van der Waals surface area (Å²) in [6.07, 6.45) is 4.04. The highest BCUT2D eigenvalue weighted by Gasteiger charge is 2.12. The van der Waals surface area contributed by atoms with Crippen LogP contribution in [0.3, 0.4) is 0 Å². The van der Waals surface area contributed by atoms with Gasteiger partial charge in [0.25, 0.3) is 0 Å². The zero-order valence-corrected chi connectivity index (χ0v) is 9.63. The van der Waals surface area contributed by atoms with E-state index in [0.29, 0.717) is 0 Å². The predicted octanol–water partition coefficient (Wildman–Crippen LogP) is 3.61. The van der Waals surface area contributed by atoms with Crippen molar-refractivity contribution >= 4 is 5.52 Å². The fraction of sp³-hybridized carbons (Fsp3) is 0.0667. The summed E-state index contributed by atoms with van der Waals surface area (Å²) in [5.41, 5.74) is 3.49. The second-order valence-electron chi connectivity index (χ2n) is 3.93. The van der Waals surface area contributed by atoms with Gasteiger partial charge in [0, 0.05) is 11.8 Å². The van der Waals surface area contributed by atoms with Crippen molar-refractivity contribution < 1.29 is 4.74 Å². The van der Waals surface area contributed by atoms with Gasteiger partial charge in [-0.3, -0.25) is 0 Å². The monoisotopic (exact) mass is 223 g/mol. The Hall–Kier alpha value is -2.22. The molecule has 2 heteroatoms. The average molecular weight is 223 g/mol. The Morgan fingerprint density at radius 2 is 1.71 bits per heavy atom. The van der Waals surface area contributed by atoms with Crippen molar-refractivity contribution in [3.05, 3.63) is 60.9 Å². The van der Waals surface area contributed by atoms with Crippen molar-refractivity contribution in [3.63, 3.8) is 0 Å². The summed E-state index contributed by atoms with van der Waals surface area (Å²) in [5.74, 6) is 0.905. The van der Waals surface area contributed by atoms with Crippen LogP contribution >= 0.6 is 0 Å². The molecule has 0 amide bonds. The van der Waals surface area contributed by atoms with E-state index in [2.05, 4.69) is 22.6 Å². The van der Waals surface area contributed by atoms with Crippen LogP contribution in [0.5, 0.6) is 5.75 Å². The number of aromatic nitrogens is 1. The van der Waals surface area contributed by atoms with E-state index in [4.69, 9.17) is 4.74 Å². The molecule has 2 heterocycles. The Balaban J connectivity index is 2.34. The summed E-state index contributed by atoms with van der Waals surface area (Å²) in [5, 5.41) is 0. The zero-order chi connectivity index (χ0) is 11.7. The molecule has 0 aliphatic carbocycles. The molecule has 2 nitrogen and oxygen atoms in total. The maximum Gasteiger partial charge on any atom is 0.145 e. The molecule has 0 aliphatic rings. The molecule has 84 valence electrons. The molecule has 3 aromatic rings. The first-order valence-electron chi connectivity index (χ1n) is 5.59. The van der Waals surface area contributed by atoms with Crippen molar-refractivity contribution in [2.75, 3.05) is 7.11 Å². The van der Waals surface area contributed by atoms with Crippen LogP contribution in [0, 0.1) is 0 Å². The SMILES string of the molecule is COc1cn2ccccc2c1-c1ccccc1. The van der Waals surface area contributed by atoms with Gasteiger partial charge in [0.15, 0.2) is 0 Å². The topological polar surface area (TPSA) is 13.6 Å². The summed E-state index contributed by atoms with van der Waals surface area (Å²) in [6.45, 7) is 0. The minimum atomic E-state index is 0.905. The number of benzene rings is 1. The van der Waals surface area contributed by atoms with E-state index in [9.17, 15) is 0 Å². The Morgan fingerprint density at radius 1 is 0.941 bits per heavy atom. The summed E-state index contributed by atoms with van der Waals surface area (Å²) < 4.78 is 7.55. The number of hydrogen-bond acceptors (Lipinski definition) is 1. The molecule has 17 heavy (non-hydrogen) atoms. The molecular weight excluding hydrogens is 210 g/mol. The van der Waals surface area contributed by atoms with E-state index in [0.717, 1.165) is 16.8 Å². The molecule has 2 aromatic heterocycles. The molecule has 1 aromatic carbocycles. The van der Waals surface area contributed by atoms with E-state index in [1.807, 2.05) is 42.7 Å². The number of ether oxygens (including phenoxy) is 1. The van der Waals surface area contributed by atoms with Crippen LogP contribution in [0.1, 0.15) is 0 Å². The largest absolute Gasteiger partial charge is 0.494 e. The summed E-state index contributed by atoms with van der Waals surface area (Å²) >= 11 is 0. The van der Waals surface area contributed by atoms with Crippen molar-refractivity contribution in [1.82, 2.24) is 4.40 Å². The number of rotatable bonds is 2. The lowest BCUT2D eigenvalue weighted by atomic mass is 10.1. The number of methoxy groups -OCH3 is 1. The van der Waals surface area contributed by atoms with Gasteiger partial charge in [-0.25, -0.2) is 0 Å². The molecule has 0 fully saturated rings. The van der Waals surface area contributed by atoms with Gasteiger partial charge in [-0.2, -0.15) is 0 Å². The molecule has 0 bridgehead atoms. The van der Waals surface area contributed by atoms with Crippen molar-refractivity contribution in [2.45, 2.75) is 0 Å². The first kappa shape index (κ1) is 9.97. The highest BCUT2D eigenvalue weighted by Crippen LogP contribution is 2.35. The Bertz CT molecular complexity index is 640. The van der Waals surface area contributed by atoms with Gasteiger partial charge in [-0.1, -0.05) is 36.4 Å². The third kappa shape index (κ3) is 1.58. The highest BCUT2D eigenvalue weighted by molar-refractivity contribution is 5.86. The average Bonchev–Trinajstić information content (AvgIpc) is 2.78. The van der Waals surface area contributed by atoms with Crippen molar-refractivity contribution in [2.24, 2.45) is 0 Å². The van der Waals surface area contributed by atoms with Gasteiger partial charge < -0.3 is 9.14 Å². The zero-order valence-electron chi connectivity index (χ0n) is 9.63. The van der Waals surface area contributed by atoms with Gasteiger partial charge in [-0.15, -0.1) is 0 Å². The summed E-state index contributed by atoms with van der Waals surface area (Å²) in [4.78, 5) is 0. The standard InChI is InChI=1S/C15H13NO/c1-17-14-11-16-10-6-5-9-13(16)15(14)12-7-3-2-4-8-12/h2-11H,1H3. The molecule has 0 unspecified atom stereocenters. The first-order chi connectivity index (χ1) is 8.40. The van der Waals surface area contributed by atoms with E-state index < -0.39 is 0 Å². The lowest BCUT2D eigenvalue weighted by Crippen LogP contribution is -1.83. The number of pyridine rings is 1. The van der Waals surface area contributed by atoms with Gasteiger partial charge >= 0.3 is 0 Å². The maximum absolute atomic E-state index is 5.46. The highest BCUT2D eigenvalue weighted by atomic mass is 16.5. The van der Waals surface area contributed by atoms with Gasteiger partial charge in [0.1, 0.15) is 5.75 Å². The Morgan fingerprint density at radius 3 is 2.47 bits per heavy atom. The second-order valence-corrected chi connectivity index (χ2v) is 3.93. The van der Waals surface area contributed by atoms with Crippen LogP contribution in [-0.4, -0.2) is 11.5 Å². The molecule has 0 saturated carbocycles. The molecular formula is C15H13NO. The number of hydrogen-bond donors (Lipinski definition) is 0. The molecule has 0 spiro atoms. The van der Waals surface area contributed by atoms with Crippen LogP contribution in [0.15, 0.2) is 60.9 Å². The lowest BCUT2D eigenvalue weighted by molar-refractivity contribution is 0.416. The minimum Gasteiger partial charge on any atom is -0.494 e. The number of nitrogens with zero attached hydrogens (tertiary/aromatic N) is 1. The number of fused-ring (bicyclic) bond motifs is 1. The van der Waals surface area contributed by atoms with Gasteiger partial charge in [-0.05, 0) is 17.7 Å². The Kier molecular flexibility index (Phi) is 2.33. The van der Waals surface area contributed by atoms with E-state index in [-0.39, 0.29) is 0 Å². The molecule has 3 rings (SSSR count). The van der Waals surface area contributed by atoms with Crippen LogP contribution < -0.4 is 4.74 Å². The fourth-order valence-corrected chi connectivity index (χ4v) is 2.15. The van der Waals surface area contributed by atoms with Crippen molar-refractivity contribution in [1.29, 1.82) is 0 Å². The van der Waals surface area contributed by atoms with Crippen LogP contribution in [0.25, 0.3) is 16.6 Å².